The minimum atomic E-state index is -6.00. The van der Waals surface area contributed by atoms with Crippen LogP contribution in [0, 0.1) is 68.1 Å². The van der Waals surface area contributed by atoms with Gasteiger partial charge in [0.1, 0.15) is 0 Å². The molecule has 11 heteroatoms. The van der Waals surface area contributed by atoms with Crippen molar-refractivity contribution in [3.05, 3.63) is 68.1 Å². The molecule has 155 valence electrons. The van der Waals surface area contributed by atoms with Crippen molar-refractivity contribution >= 4 is 14.5 Å². The van der Waals surface area contributed by atoms with Crippen LogP contribution in [0.15, 0.2) is 0 Å². The van der Waals surface area contributed by atoms with E-state index < -0.39 is 14.5 Å². The van der Waals surface area contributed by atoms with Crippen molar-refractivity contribution in [2.45, 2.75) is 34.6 Å². The van der Waals surface area contributed by atoms with Gasteiger partial charge in [-0.1, -0.05) is 34.6 Å². The van der Waals surface area contributed by atoms with Gasteiger partial charge in [-0.15, -0.1) is 0 Å². The standard InChI is InChI=1S/C10H15.C6H6.2BF4.Rh/c1-6-7(2)9(4)10(5)8(6)3;1-2-4-6-5-3-1;2*2-1(3,4)5;/h1-5H3;1-6H;;;/q;;2*-1;+3. The van der Waals surface area contributed by atoms with E-state index in [1.54, 1.807) is 0 Å². The fourth-order valence-corrected chi connectivity index (χ4v) is 1.79. The third-order valence-corrected chi connectivity index (χ3v) is 3.48. The Balaban J connectivity index is -0.000000297. The largest absolute Gasteiger partial charge is 3.00 e. The summed E-state index contributed by atoms with van der Waals surface area (Å²) in [5.41, 5.74) is 0. The molecule has 0 saturated heterocycles. The molecule has 2 aliphatic carbocycles. The Morgan fingerprint density at radius 2 is 0.481 bits per heavy atom. The molecular formula is C16H21B2F8Rh+. The molecule has 0 amide bonds. The Bertz CT molecular complexity index is 268. The van der Waals surface area contributed by atoms with E-state index in [0.29, 0.717) is 0 Å². The molecule has 2 fully saturated rings. The first-order valence-electron chi connectivity index (χ1n) is 7.50. The second kappa shape index (κ2) is 15.1. The molecule has 0 heterocycles. The summed E-state index contributed by atoms with van der Waals surface area (Å²) in [5, 5.41) is 0. The van der Waals surface area contributed by atoms with Crippen molar-refractivity contribution in [3.8, 4) is 0 Å². The van der Waals surface area contributed by atoms with Gasteiger partial charge in [-0.3, -0.25) is 0 Å². The maximum absolute atomic E-state index is 9.75. The van der Waals surface area contributed by atoms with Gasteiger partial charge < -0.3 is 34.5 Å². The van der Waals surface area contributed by atoms with Crippen molar-refractivity contribution in [1.82, 2.24) is 0 Å². The summed E-state index contributed by atoms with van der Waals surface area (Å²) in [4.78, 5) is 0. The van der Waals surface area contributed by atoms with Gasteiger partial charge in [0.15, 0.2) is 0 Å². The molecule has 0 unspecified atom stereocenters. The zero-order valence-corrected chi connectivity index (χ0v) is 17.1. The second-order valence-corrected chi connectivity index (χ2v) is 5.27. The van der Waals surface area contributed by atoms with E-state index >= 15 is 0 Å². The van der Waals surface area contributed by atoms with Gasteiger partial charge in [0.2, 0.25) is 0 Å². The quantitative estimate of drug-likeness (QED) is 0.259. The van der Waals surface area contributed by atoms with Gasteiger partial charge in [-0.25, -0.2) is 0 Å². The van der Waals surface area contributed by atoms with Gasteiger partial charge in [0.25, 0.3) is 0 Å². The Morgan fingerprint density at radius 3 is 0.556 bits per heavy atom. The van der Waals surface area contributed by atoms with Crippen molar-refractivity contribution in [1.29, 1.82) is 0 Å². The maximum atomic E-state index is 9.75. The van der Waals surface area contributed by atoms with Crippen LogP contribution >= 0.6 is 0 Å². The van der Waals surface area contributed by atoms with Crippen molar-refractivity contribution in [2.75, 3.05) is 0 Å². The van der Waals surface area contributed by atoms with E-state index in [1.807, 2.05) is 38.5 Å². The molecule has 0 bridgehead atoms. The summed E-state index contributed by atoms with van der Waals surface area (Å²) in [6.45, 7) is 11.0. The van der Waals surface area contributed by atoms with Crippen LogP contribution in [0.5, 0.6) is 0 Å². The molecule has 2 rings (SSSR count). The fraction of sp³-hybridized carbons (Fsp3) is 0.312. The predicted molar refractivity (Wildman–Crippen MR) is 90.8 cm³/mol. The Hall–Kier alpha value is 0.193. The molecule has 0 aromatic rings. The normalized spacial score (nSPS) is 20.3. The van der Waals surface area contributed by atoms with E-state index in [9.17, 15) is 34.5 Å². The SMILES string of the molecule is C[C]1[C](C)[C](C)[C](C)[C]1C.F[B-](F)(F)F.F[B-](F)(F)F.[CH]1[CH][CH][CH][CH][CH]1.[Rh+3]. The van der Waals surface area contributed by atoms with Gasteiger partial charge in [0.05, 0.1) is 0 Å². The van der Waals surface area contributed by atoms with Crippen LogP contribution in [0.3, 0.4) is 0 Å². The van der Waals surface area contributed by atoms with E-state index in [2.05, 4.69) is 34.6 Å². The molecule has 0 aromatic carbocycles. The van der Waals surface area contributed by atoms with Gasteiger partial charge in [0, 0.05) is 0 Å². The Morgan fingerprint density at radius 1 is 0.407 bits per heavy atom. The van der Waals surface area contributed by atoms with Gasteiger partial charge in [-0.05, 0) is 68.1 Å². The molecule has 0 N–H and O–H groups in total. The minimum absolute atomic E-state index is 0. The average molecular weight is 490 g/mol. The summed E-state index contributed by atoms with van der Waals surface area (Å²) in [5.74, 6) is 7.34. The van der Waals surface area contributed by atoms with E-state index in [1.165, 1.54) is 29.6 Å². The molecular weight excluding hydrogens is 469 g/mol. The molecule has 0 aliphatic heterocycles. The number of hydrogen-bond donors (Lipinski definition) is 0. The molecule has 11 radical (unpaired) electrons. The topological polar surface area (TPSA) is 0 Å². The Labute approximate surface area is 171 Å². The summed E-state index contributed by atoms with van der Waals surface area (Å²) < 4.78 is 78.0. The first-order chi connectivity index (χ1) is 11.6. The smallest absolute Gasteiger partial charge is 0.418 e. The maximum Gasteiger partial charge on any atom is 3.00 e. The van der Waals surface area contributed by atoms with E-state index in [4.69, 9.17) is 0 Å². The number of hydrogen-bond acceptors (Lipinski definition) is 0. The first kappa shape index (κ1) is 31.9. The molecule has 0 spiro atoms. The van der Waals surface area contributed by atoms with Crippen LogP contribution in [-0.2, 0) is 19.5 Å². The third kappa shape index (κ3) is 22.3. The van der Waals surface area contributed by atoms with Crippen LogP contribution < -0.4 is 0 Å². The average Bonchev–Trinajstić information content (AvgIpc) is 2.64. The van der Waals surface area contributed by atoms with Crippen LogP contribution in [-0.4, -0.2) is 14.5 Å². The van der Waals surface area contributed by atoms with Crippen LogP contribution in [0.1, 0.15) is 34.6 Å². The van der Waals surface area contributed by atoms with E-state index in [-0.39, 0.29) is 19.5 Å². The van der Waals surface area contributed by atoms with Crippen molar-refractivity contribution in [3.63, 3.8) is 0 Å². The van der Waals surface area contributed by atoms with Crippen LogP contribution in [0.4, 0.5) is 34.5 Å². The van der Waals surface area contributed by atoms with Gasteiger partial charge >= 0.3 is 34.0 Å². The monoisotopic (exact) mass is 490 g/mol. The Kier molecular flexibility index (Phi) is 17.8. The van der Waals surface area contributed by atoms with Gasteiger partial charge in [-0.2, -0.15) is 0 Å². The zero-order chi connectivity index (χ0) is 21.1. The molecule has 2 saturated carbocycles. The molecule has 2 aliphatic rings. The molecule has 27 heavy (non-hydrogen) atoms. The molecule has 0 aromatic heterocycles. The summed E-state index contributed by atoms with van der Waals surface area (Å²) in [6.07, 6.45) is 12.0. The van der Waals surface area contributed by atoms with E-state index in [0.717, 1.165) is 0 Å². The van der Waals surface area contributed by atoms with Crippen LogP contribution in [0.25, 0.3) is 0 Å². The summed E-state index contributed by atoms with van der Waals surface area (Å²) >= 11 is 0. The number of halogens is 8. The van der Waals surface area contributed by atoms with Crippen molar-refractivity contribution < 1.29 is 54.0 Å². The predicted octanol–water partition coefficient (Wildman–Crippen LogP) is 6.80. The van der Waals surface area contributed by atoms with Crippen molar-refractivity contribution in [2.24, 2.45) is 0 Å². The number of rotatable bonds is 0. The summed E-state index contributed by atoms with van der Waals surface area (Å²) in [6, 6.07) is 0. The zero-order valence-electron chi connectivity index (χ0n) is 15.5. The minimum Gasteiger partial charge on any atom is -0.418 e. The summed E-state index contributed by atoms with van der Waals surface area (Å²) in [7, 11) is -12.0. The van der Waals surface area contributed by atoms with Crippen LogP contribution in [0.2, 0.25) is 0 Å². The first-order valence-corrected chi connectivity index (χ1v) is 7.50. The molecule has 0 nitrogen and oxygen atoms in total. The fourth-order valence-electron chi connectivity index (χ4n) is 1.79. The molecule has 0 atom stereocenters. The third-order valence-electron chi connectivity index (χ3n) is 3.48. The second-order valence-electron chi connectivity index (χ2n) is 5.27.